The van der Waals surface area contributed by atoms with Crippen LogP contribution in [0.1, 0.15) is 71.1 Å². The lowest BCUT2D eigenvalue weighted by atomic mass is 9.97. The van der Waals surface area contributed by atoms with Gasteiger partial charge in [0, 0.05) is 32.8 Å². The molecule has 5 unspecified atom stereocenters. The van der Waals surface area contributed by atoms with Crippen molar-refractivity contribution < 1.29 is 54.4 Å². The maximum absolute atomic E-state index is 12.5. The average molecular weight is 566 g/mol. The van der Waals surface area contributed by atoms with Crippen molar-refractivity contribution in [2.24, 2.45) is 5.92 Å². The van der Waals surface area contributed by atoms with Crippen LogP contribution in [0.25, 0.3) is 0 Å². The second kappa shape index (κ2) is 19.2. The highest BCUT2D eigenvalue weighted by atomic mass is 16.7. The molecule has 0 aromatic carbocycles. The van der Waals surface area contributed by atoms with Gasteiger partial charge in [-0.15, -0.1) is 0 Å². The summed E-state index contributed by atoms with van der Waals surface area (Å²) >= 11 is 0. The monoisotopic (exact) mass is 565 g/mol. The Hall–Kier alpha value is -0.930. The summed E-state index contributed by atoms with van der Waals surface area (Å²) in [4.78, 5) is 12.5. The molecule has 0 aliphatic carbocycles. The van der Waals surface area contributed by atoms with Crippen molar-refractivity contribution in [3.05, 3.63) is 0 Å². The topological polar surface area (TPSA) is 187 Å². The lowest BCUT2D eigenvalue weighted by molar-refractivity contribution is -0.303. The SMILES string of the molecule is CC[C@@H](O)[C@@H](O)[C@H](COC1OC(CO)C(O)C(O)C1O)NC(=O)CCCCCCCOCCC1CCOCC1. The van der Waals surface area contributed by atoms with E-state index in [0.29, 0.717) is 6.42 Å². The van der Waals surface area contributed by atoms with E-state index in [2.05, 4.69) is 5.32 Å². The molecule has 0 bridgehead atoms. The molecule has 2 rings (SSSR count). The summed E-state index contributed by atoms with van der Waals surface area (Å²) in [5.74, 6) is 0.409. The number of carbonyl (C=O) groups is 1. The number of unbranched alkanes of at least 4 members (excludes halogenated alkanes) is 4. The van der Waals surface area contributed by atoms with Crippen LogP contribution in [0.2, 0.25) is 0 Å². The minimum Gasteiger partial charge on any atom is -0.394 e. The van der Waals surface area contributed by atoms with Crippen molar-refractivity contribution in [3.8, 4) is 0 Å². The first-order valence-corrected chi connectivity index (χ1v) is 14.5. The van der Waals surface area contributed by atoms with Gasteiger partial charge in [-0.05, 0) is 44.4 Å². The molecule has 2 aliphatic rings. The molecule has 0 radical (unpaired) electrons. The van der Waals surface area contributed by atoms with E-state index in [1.807, 2.05) is 0 Å². The zero-order valence-electron chi connectivity index (χ0n) is 23.2. The Kier molecular flexibility index (Phi) is 16.9. The van der Waals surface area contributed by atoms with E-state index < -0.39 is 55.6 Å². The third-order valence-corrected chi connectivity index (χ3v) is 7.56. The summed E-state index contributed by atoms with van der Waals surface area (Å²) in [5, 5.41) is 62.6. The van der Waals surface area contributed by atoms with Gasteiger partial charge in [-0.1, -0.05) is 26.2 Å². The lowest BCUT2D eigenvalue weighted by Crippen LogP contribution is -2.60. The number of nitrogens with one attached hydrogen (secondary N) is 1. The highest BCUT2D eigenvalue weighted by molar-refractivity contribution is 5.76. The Morgan fingerprint density at radius 3 is 2.36 bits per heavy atom. The van der Waals surface area contributed by atoms with Crippen molar-refractivity contribution in [2.45, 2.75) is 120 Å². The molecule has 2 saturated heterocycles. The summed E-state index contributed by atoms with van der Waals surface area (Å²) in [6, 6.07) is -1.00. The van der Waals surface area contributed by atoms with Crippen LogP contribution in [0, 0.1) is 5.92 Å². The maximum atomic E-state index is 12.5. The fourth-order valence-corrected chi connectivity index (χ4v) is 4.83. The van der Waals surface area contributed by atoms with Gasteiger partial charge in [0.1, 0.15) is 30.5 Å². The van der Waals surface area contributed by atoms with Gasteiger partial charge >= 0.3 is 0 Å². The third kappa shape index (κ3) is 12.2. The predicted molar refractivity (Wildman–Crippen MR) is 141 cm³/mol. The molecule has 2 heterocycles. The van der Waals surface area contributed by atoms with Crippen LogP contribution in [-0.4, -0.2) is 125 Å². The summed E-state index contributed by atoms with van der Waals surface area (Å²) in [6.45, 7) is 4.01. The van der Waals surface area contributed by atoms with Gasteiger partial charge in [-0.3, -0.25) is 4.79 Å². The number of hydrogen-bond acceptors (Lipinski definition) is 11. The molecular formula is C27H51NO11. The van der Waals surface area contributed by atoms with Gasteiger partial charge in [0.2, 0.25) is 5.91 Å². The van der Waals surface area contributed by atoms with Gasteiger partial charge in [-0.25, -0.2) is 0 Å². The number of rotatable bonds is 19. The normalized spacial score (nSPS) is 28.6. The first-order valence-electron chi connectivity index (χ1n) is 14.5. The van der Waals surface area contributed by atoms with E-state index >= 15 is 0 Å². The van der Waals surface area contributed by atoms with E-state index in [4.69, 9.17) is 18.9 Å². The standard InChI is InChI=1S/C27H51NO11/c1-2-20(30)23(32)19(17-38-27-26(35)25(34)24(33)21(16-29)39-27)28-22(31)8-6-4-3-5-7-12-36-13-9-18-10-14-37-15-11-18/h18-21,23-27,29-30,32-35H,2-17H2,1H3,(H,28,31)/t19-,20+,21?,23-,24?,25?,26?,27?/m0/s1. The molecule has 2 fully saturated rings. The number of ether oxygens (including phenoxy) is 4. The van der Waals surface area contributed by atoms with Gasteiger partial charge in [0.05, 0.1) is 25.4 Å². The van der Waals surface area contributed by atoms with Gasteiger partial charge < -0.3 is 54.9 Å². The van der Waals surface area contributed by atoms with E-state index in [1.165, 1.54) is 0 Å². The van der Waals surface area contributed by atoms with Crippen LogP contribution in [-0.2, 0) is 23.7 Å². The zero-order chi connectivity index (χ0) is 28.6. The minimum absolute atomic E-state index is 0.243. The van der Waals surface area contributed by atoms with Gasteiger partial charge in [0.25, 0.3) is 0 Å². The first kappa shape index (κ1) is 34.3. The summed E-state index contributed by atoms with van der Waals surface area (Å²) in [6.07, 6.45) is -1.37. The Balaban J connectivity index is 1.64. The second-order valence-corrected chi connectivity index (χ2v) is 10.6. The summed E-state index contributed by atoms with van der Waals surface area (Å²) < 4.78 is 21.9. The van der Waals surface area contributed by atoms with Crippen molar-refractivity contribution in [1.82, 2.24) is 5.32 Å². The molecule has 8 atom stereocenters. The predicted octanol–water partition coefficient (Wildman–Crippen LogP) is -0.407. The number of aliphatic hydroxyl groups is 6. The van der Waals surface area contributed by atoms with Crippen LogP contribution < -0.4 is 5.32 Å². The van der Waals surface area contributed by atoms with Crippen molar-refractivity contribution >= 4 is 5.91 Å². The van der Waals surface area contributed by atoms with Crippen molar-refractivity contribution in [2.75, 3.05) is 39.6 Å². The Bertz CT molecular complexity index is 649. The van der Waals surface area contributed by atoms with Crippen LogP contribution >= 0.6 is 0 Å². The second-order valence-electron chi connectivity index (χ2n) is 10.6. The van der Waals surface area contributed by atoms with Gasteiger partial charge in [-0.2, -0.15) is 0 Å². The Morgan fingerprint density at radius 2 is 1.67 bits per heavy atom. The van der Waals surface area contributed by atoms with Gasteiger partial charge in [0.15, 0.2) is 6.29 Å². The molecule has 0 saturated carbocycles. The van der Waals surface area contributed by atoms with Crippen LogP contribution in [0.4, 0.5) is 0 Å². The first-order chi connectivity index (χ1) is 18.8. The van der Waals surface area contributed by atoms with E-state index in [-0.39, 0.29) is 25.4 Å². The van der Waals surface area contributed by atoms with E-state index in [1.54, 1.807) is 6.92 Å². The summed E-state index contributed by atoms with van der Waals surface area (Å²) in [7, 11) is 0. The van der Waals surface area contributed by atoms with Crippen LogP contribution in [0.3, 0.4) is 0 Å². The molecule has 12 nitrogen and oxygen atoms in total. The highest BCUT2D eigenvalue weighted by Gasteiger charge is 2.44. The number of aliphatic hydroxyl groups excluding tert-OH is 6. The molecule has 1 amide bonds. The van der Waals surface area contributed by atoms with E-state index in [0.717, 1.165) is 77.3 Å². The molecule has 7 N–H and O–H groups in total. The number of amides is 1. The minimum atomic E-state index is -1.61. The molecule has 39 heavy (non-hydrogen) atoms. The smallest absolute Gasteiger partial charge is 0.220 e. The highest BCUT2D eigenvalue weighted by Crippen LogP contribution is 2.22. The summed E-state index contributed by atoms with van der Waals surface area (Å²) in [5.41, 5.74) is 0. The number of carbonyl (C=O) groups excluding carboxylic acids is 1. The van der Waals surface area contributed by atoms with E-state index in [9.17, 15) is 35.4 Å². The zero-order valence-corrected chi connectivity index (χ0v) is 23.2. The molecule has 12 heteroatoms. The van der Waals surface area contributed by atoms with Crippen molar-refractivity contribution in [3.63, 3.8) is 0 Å². The van der Waals surface area contributed by atoms with Crippen molar-refractivity contribution in [1.29, 1.82) is 0 Å². The fraction of sp³-hybridized carbons (Fsp3) is 0.963. The fourth-order valence-electron chi connectivity index (χ4n) is 4.83. The lowest BCUT2D eigenvalue weighted by Gasteiger charge is -2.40. The largest absolute Gasteiger partial charge is 0.394 e. The third-order valence-electron chi connectivity index (χ3n) is 7.56. The molecule has 0 aromatic heterocycles. The molecule has 0 aromatic rings. The Morgan fingerprint density at radius 1 is 0.974 bits per heavy atom. The Labute approximate surface area is 231 Å². The molecule has 0 spiro atoms. The quantitative estimate of drug-likeness (QED) is 0.101. The number of hydrogen-bond donors (Lipinski definition) is 7. The van der Waals surface area contributed by atoms with Crippen LogP contribution in [0.5, 0.6) is 0 Å². The van der Waals surface area contributed by atoms with Crippen LogP contribution in [0.15, 0.2) is 0 Å². The maximum Gasteiger partial charge on any atom is 0.220 e. The molecule has 2 aliphatic heterocycles. The molecular weight excluding hydrogens is 514 g/mol. The average Bonchev–Trinajstić information content (AvgIpc) is 2.95. The molecule has 230 valence electrons.